The van der Waals surface area contributed by atoms with E-state index in [2.05, 4.69) is 313 Å². The summed E-state index contributed by atoms with van der Waals surface area (Å²) >= 11 is 0. The van der Waals surface area contributed by atoms with Crippen LogP contribution in [-0.2, 0) is 0 Å². The Balaban J connectivity index is 0.971. The molecule has 0 saturated carbocycles. The van der Waals surface area contributed by atoms with Gasteiger partial charge in [0.25, 0.3) is 0 Å². The van der Waals surface area contributed by atoms with Crippen LogP contribution in [0.25, 0.3) is 105 Å². The monoisotopic (exact) mass is 942 g/mol. The SMILES string of the molecule is c1ccc(-c2cc(-c3ccccc3)cc(-c3ccc(N(c4ccc(-c5cccc6c7ccccc7n(-c7ccccc7)c56)cc4)c4ccccc4-c4ccccc4-c4ccccc4-c4ccccc4)cc3)c2)cc1. The molecule has 348 valence electrons. The standard InChI is InChI=1S/C72H50N2/c1-5-22-51(23-6-1)56-48-57(52-24-7-2-8-25-52)50-58(49-56)53-40-44-60(45-41-53)73(70-38-19-17-34-67(70)66-33-16-15-32-65(66)64-31-14-13-30-62(64)54-26-9-3-10-27-54)61-46-42-55(43-47-61)63-36-21-37-69-68-35-18-20-39-71(68)74(72(63)69)59-28-11-4-12-29-59/h1-50H. The first-order valence-electron chi connectivity index (χ1n) is 25.4. The first kappa shape index (κ1) is 44.2. The maximum atomic E-state index is 2.43. The molecule has 0 unspecified atom stereocenters. The van der Waals surface area contributed by atoms with Crippen molar-refractivity contribution in [3.8, 4) is 83.6 Å². The van der Waals surface area contributed by atoms with Gasteiger partial charge in [-0.1, -0.05) is 237 Å². The molecule has 0 spiro atoms. The molecule has 2 nitrogen and oxygen atoms in total. The molecule has 0 saturated heterocycles. The summed E-state index contributed by atoms with van der Waals surface area (Å²) in [7, 11) is 0. The molecular formula is C72H50N2. The van der Waals surface area contributed by atoms with E-state index in [1.165, 1.54) is 77.4 Å². The molecule has 0 atom stereocenters. The van der Waals surface area contributed by atoms with Crippen LogP contribution in [0.2, 0.25) is 0 Å². The lowest BCUT2D eigenvalue weighted by Crippen LogP contribution is -2.11. The van der Waals surface area contributed by atoms with Gasteiger partial charge in [-0.15, -0.1) is 0 Å². The van der Waals surface area contributed by atoms with Crippen LogP contribution in [0.5, 0.6) is 0 Å². The minimum atomic E-state index is 1.06. The summed E-state index contributed by atoms with van der Waals surface area (Å²) in [4.78, 5) is 2.43. The summed E-state index contributed by atoms with van der Waals surface area (Å²) in [5.74, 6) is 0. The van der Waals surface area contributed by atoms with Crippen molar-refractivity contribution in [2.45, 2.75) is 0 Å². The van der Waals surface area contributed by atoms with Crippen molar-refractivity contribution < 1.29 is 0 Å². The van der Waals surface area contributed by atoms with Gasteiger partial charge in [0, 0.05) is 39.0 Å². The molecule has 0 aliphatic rings. The lowest BCUT2D eigenvalue weighted by atomic mass is 9.88. The Morgan fingerprint density at radius 1 is 0.230 bits per heavy atom. The fourth-order valence-electron chi connectivity index (χ4n) is 10.9. The number of hydrogen-bond donors (Lipinski definition) is 0. The molecule has 74 heavy (non-hydrogen) atoms. The predicted molar refractivity (Wildman–Crippen MR) is 314 cm³/mol. The Morgan fingerprint density at radius 3 is 1.19 bits per heavy atom. The molecule has 13 rings (SSSR count). The van der Waals surface area contributed by atoms with Crippen LogP contribution in [0.3, 0.4) is 0 Å². The Hall–Kier alpha value is -9.76. The molecule has 0 amide bonds. The van der Waals surface area contributed by atoms with Gasteiger partial charge in [0.15, 0.2) is 0 Å². The number of fused-ring (bicyclic) bond motifs is 3. The highest BCUT2D eigenvalue weighted by Gasteiger charge is 2.22. The van der Waals surface area contributed by atoms with E-state index in [4.69, 9.17) is 0 Å². The Kier molecular flexibility index (Phi) is 11.6. The van der Waals surface area contributed by atoms with Crippen LogP contribution < -0.4 is 4.90 Å². The summed E-state index contributed by atoms with van der Waals surface area (Å²) < 4.78 is 2.42. The average molecular weight is 943 g/mol. The van der Waals surface area contributed by atoms with Gasteiger partial charge in [-0.2, -0.15) is 0 Å². The number of rotatable bonds is 11. The van der Waals surface area contributed by atoms with Gasteiger partial charge in [0.05, 0.1) is 16.7 Å². The van der Waals surface area contributed by atoms with Crippen molar-refractivity contribution >= 4 is 38.9 Å². The van der Waals surface area contributed by atoms with Gasteiger partial charge in [0.1, 0.15) is 0 Å². The molecule has 13 aromatic rings. The minimum Gasteiger partial charge on any atom is -0.310 e. The van der Waals surface area contributed by atoms with E-state index < -0.39 is 0 Å². The molecule has 0 aliphatic carbocycles. The summed E-state index contributed by atoms with van der Waals surface area (Å²) in [6.45, 7) is 0. The summed E-state index contributed by atoms with van der Waals surface area (Å²) in [5.41, 5.74) is 23.2. The van der Waals surface area contributed by atoms with Crippen LogP contribution in [0.4, 0.5) is 17.1 Å². The summed E-state index contributed by atoms with van der Waals surface area (Å²) in [6, 6.07) is 110. The molecule has 0 fully saturated rings. The van der Waals surface area contributed by atoms with Crippen LogP contribution in [0.15, 0.2) is 303 Å². The second kappa shape index (κ2) is 19.4. The van der Waals surface area contributed by atoms with Crippen LogP contribution >= 0.6 is 0 Å². The Morgan fingerprint density at radius 2 is 0.608 bits per heavy atom. The number of anilines is 3. The third kappa shape index (κ3) is 8.25. The minimum absolute atomic E-state index is 1.06. The second-order valence-corrected chi connectivity index (χ2v) is 18.8. The largest absolute Gasteiger partial charge is 0.310 e. The first-order chi connectivity index (χ1) is 36.7. The van der Waals surface area contributed by atoms with Gasteiger partial charge in [-0.05, 0) is 133 Å². The maximum absolute atomic E-state index is 2.43. The average Bonchev–Trinajstić information content (AvgIpc) is 3.86. The number of nitrogens with zero attached hydrogens (tertiary/aromatic N) is 2. The lowest BCUT2D eigenvalue weighted by molar-refractivity contribution is 1.18. The highest BCUT2D eigenvalue weighted by Crippen LogP contribution is 2.47. The van der Waals surface area contributed by atoms with Gasteiger partial charge >= 0.3 is 0 Å². The number of para-hydroxylation sites is 4. The smallest absolute Gasteiger partial charge is 0.0619 e. The predicted octanol–water partition coefficient (Wildman–Crippen LogP) is 19.9. The molecule has 0 radical (unpaired) electrons. The highest BCUT2D eigenvalue weighted by molar-refractivity contribution is 6.14. The number of benzene rings is 12. The van der Waals surface area contributed by atoms with Gasteiger partial charge in [-0.25, -0.2) is 0 Å². The number of aromatic nitrogens is 1. The zero-order valence-electron chi connectivity index (χ0n) is 40.8. The van der Waals surface area contributed by atoms with E-state index in [0.717, 1.165) is 45.0 Å². The topological polar surface area (TPSA) is 8.17 Å². The zero-order chi connectivity index (χ0) is 49.2. The van der Waals surface area contributed by atoms with Crippen molar-refractivity contribution in [1.29, 1.82) is 0 Å². The van der Waals surface area contributed by atoms with Crippen molar-refractivity contribution in [1.82, 2.24) is 4.57 Å². The molecule has 0 aliphatic heterocycles. The van der Waals surface area contributed by atoms with E-state index in [9.17, 15) is 0 Å². The van der Waals surface area contributed by atoms with Crippen LogP contribution in [0, 0.1) is 0 Å². The zero-order valence-corrected chi connectivity index (χ0v) is 40.8. The Labute approximate surface area is 433 Å². The quantitative estimate of drug-likeness (QED) is 0.125. The lowest BCUT2D eigenvalue weighted by Gasteiger charge is -2.29. The van der Waals surface area contributed by atoms with Crippen molar-refractivity contribution in [3.05, 3.63) is 303 Å². The summed E-state index contributed by atoms with van der Waals surface area (Å²) in [5, 5.41) is 2.48. The molecule has 2 heteroatoms. The summed E-state index contributed by atoms with van der Waals surface area (Å²) in [6.07, 6.45) is 0. The maximum Gasteiger partial charge on any atom is 0.0619 e. The van der Waals surface area contributed by atoms with Crippen LogP contribution in [-0.4, -0.2) is 4.57 Å². The van der Waals surface area contributed by atoms with Crippen LogP contribution in [0.1, 0.15) is 0 Å². The molecule has 0 bridgehead atoms. The third-order valence-electron chi connectivity index (χ3n) is 14.4. The first-order valence-corrected chi connectivity index (χ1v) is 25.4. The number of hydrogen-bond acceptors (Lipinski definition) is 1. The fourth-order valence-corrected chi connectivity index (χ4v) is 10.9. The molecular weight excluding hydrogens is 893 g/mol. The van der Waals surface area contributed by atoms with E-state index in [1.807, 2.05) is 0 Å². The fraction of sp³-hybridized carbons (Fsp3) is 0. The highest BCUT2D eigenvalue weighted by atomic mass is 15.1. The van der Waals surface area contributed by atoms with E-state index in [1.54, 1.807) is 0 Å². The van der Waals surface area contributed by atoms with Gasteiger partial charge in [0.2, 0.25) is 0 Å². The molecule has 12 aromatic carbocycles. The van der Waals surface area contributed by atoms with E-state index in [-0.39, 0.29) is 0 Å². The molecule has 1 heterocycles. The normalized spacial score (nSPS) is 11.2. The van der Waals surface area contributed by atoms with E-state index in [0.29, 0.717) is 0 Å². The second-order valence-electron chi connectivity index (χ2n) is 18.8. The van der Waals surface area contributed by atoms with Crippen molar-refractivity contribution in [3.63, 3.8) is 0 Å². The van der Waals surface area contributed by atoms with Crippen molar-refractivity contribution in [2.75, 3.05) is 4.90 Å². The van der Waals surface area contributed by atoms with Gasteiger partial charge in [-0.3, -0.25) is 0 Å². The van der Waals surface area contributed by atoms with E-state index >= 15 is 0 Å². The van der Waals surface area contributed by atoms with Crippen molar-refractivity contribution in [2.24, 2.45) is 0 Å². The molecule has 1 aromatic heterocycles. The molecule has 0 N–H and O–H groups in total. The van der Waals surface area contributed by atoms with Gasteiger partial charge < -0.3 is 9.47 Å². The third-order valence-corrected chi connectivity index (χ3v) is 14.4. The Bertz CT molecular complexity index is 4030.